The van der Waals surface area contributed by atoms with Crippen LogP contribution in [0.15, 0.2) is 0 Å². The molecule has 0 rings (SSSR count). The van der Waals surface area contributed by atoms with Gasteiger partial charge >= 0.3 is 5.97 Å². The van der Waals surface area contributed by atoms with Gasteiger partial charge in [-0.05, 0) is 12.8 Å². The molecule has 1 unspecified atom stereocenters. The third-order valence-electron chi connectivity index (χ3n) is 3.80. The van der Waals surface area contributed by atoms with Gasteiger partial charge in [0, 0.05) is 33.0 Å². The summed E-state index contributed by atoms with van der Waals surface area (Å²) in [5.74, 6) is -2.24. The van der Waals surface area contributed by atoms with Gasteiger partial charge in [0.15, 0.2) is 0 Å². The van der Waals surface area contributed by atoms with Crippen molar-refractivity contribution in [3.63, 3.8) is 0 Å². The molecule has 0 aromatic heterocycles. The van der Waals surface area contributed by atoms with E-state index in [2.05, 4.69) is 16.0 Å². The Bertz CT molecular complexity index is 546. The van der Waals surface area contributed by atoms with Crippen LogP contribution in [0.25, 0.3) is 0 Å². The molecule has 0 aliphatic carbocycles. The lowest BCUT2D eigenvalue weighted by molar-refractivity contribution is -0.141. The van der Waals surface area contributed by atoms with Crippen molar-refractivity contribution in [2.75, 3.05) is 65.9 Å². The van der Waals surface area contributed by atoms with Crippen LogP contribution < -0.4 is 16.0 Å². The number of ether oxygens (including phenoxy) is 4. The number of hydrogen-bond donors (Lipinski definition) is 4. The minimum atomic E-state index is -1.19. The fraction of sp³-hybridized carbons (Fsp3) is 0.800. The molecule has 0 saturated carbocycles. The summed E-state index contributed by atoms with van der Waals surface area (Å²) in [4.78, 5) is 45.2. The number of carbonyl (C=O) groups excluding carboxylic acids is 3. The molecule has 0 spiro atoms. The molecule has 0 bridgehead atoms. The van der Waals surface area contributed by atoms with Gasteiger partial charge in [-0.25, -0.2) is 4.79 Å². The molecule has 0 radical (unpaired) electrons. The molecule has 0 aliphatic heterocycles. The number of carboxylic acid groups (broad SMARTS) is 1. The quantitative estimate of drug-likeness (QED) is 0.158. The summed E-state index contributed by atoms with van der Waals surface area (Å²) < 4.78 is 21.0. The van der Waals surface area contributed by atoms with Crippen molar-refractivity contribution in [2.45, 2.75) is 39.2 Å². The maximum atomic E-state index is 11.7. The van der Waals surface area contributed by atoms with Crippen molar-refractivity contribution in [3.8, 4) is 0 Å². The molecule has 1 atom stereocenters. The van der Waals surface area contributed by atoms with E-state index in [0.29, 0.717) is 33.0 Å². The molecule has 12 heteroatoms. The first-order chi connectivity index (χ1) is 15.4. The van der Waals surface area contributed by atoms with E-state index < -0.39 is 17.9 Å². The van der Waals surface area contributed by atoms with Crippen molar-refractivity contribution in [1.29, 1.82) is 0 Å². The van der Waals surface area contributed by atoms with Crippen LogP contribution in [0.3, 0.4) is 0 Å². The van der Waals surface area contributed by atoms with E-state index in [1.807, 2.05) is 6.92 Å². The summed E-state index contributed by atoms with van der Waals surface area (Å²) >= 11 is 0. The fourth-order valence-corrected chi connectivity index (χ4v) is 2.29. The topological polar surface area (TPSA) is 162 Å². The number of rotatable bonds is 21. The van der Waals surface area contributed by atoms with Gasteiger partial charge in [-0.3, -0.25) is 14.4 Å². The third-order valence-corrected chi connectivity index (χ3v) is 3.80. The molecule has 0 aromatic carbocycles. The van der Waals surface area contributed by atoms with Gasteiger partial charge in [0.2, 0.25) is 17.7 Å². The van der Waals surface area contributed by atoms with Crippen LogP contribution in [0.2, 0.25) is 0 Å². The van der Waals surface area contributed by atoms with E-state index in [9.17, 15) is 19.2 Å². The highest BCUT2D eigenvalue weighted by Gasteiger charge is 2.19. The van der Waals surface area contributed by atoms with Crippen LogP contribution in [0.1, 0.15) is 33.1 Å². The molecule has 0 heterocycles. The van der Waals surface area contributed by atoms with E-state index in [1.165, 1.54) is 6.92 Å². The Balaban J connectivity index is 3.50. The Kier molecular flexibility index (Phi) is 19.1. The maximum Gasteiger partial charge on any atom is 0.326 e. The molecule has 32 heavy (non-hydrogen) atoms. The number of carbonyl (C=O) groups is 4. The molecule has 186 valence electrons. The van der Waals surface area contributed by atoms with Crippen LogP contribution >= 0.6 is 0 Å². The van der Waals surface area contributed by atoms with Gasteiger partial charge in [0.05, 0.1) is 39.6 Å². The van der Waals surface area contributed by atoms with Crippen LogP contribution in [-0.4, -0.2) is 101 Å². The summed E-state index contributed by atoms with van der Waals surface area (Å²) in [5, 5.41) is 16.5. The SMILES string of the molecule is CCCOCCOCCNC(=O)COCCOCCNC(=O)CCC(NC(C)=O)C(=O)O. The first kappa shape index (κ1) is 29.7. The van der Waals surface area contributed by atoms with E-state index in [4.69, 9.17) is 24.1 Å². The van der Waals surface area contributed by atoms with Crippen molar-refractivity contribution < 1.29 is 43.2 Å². The largest absolute Gasteiger partial charge is 0.480 e. The molecule has 3 amide bonds. The predicted molar refractivity (Wildman–Crippen MR) is 114 cm³/mol. The molecule has 0 fully saturated rings. The lowest BCUT2D eigenvalue weighted by Gasteiger charge is -2.13. The van der Waals surface area contributed by atoms with Crippen LogP contribution in [0.4, 0.5) is 0 Å². The highest BCUT2D eigenvalue weighted by molar-refractivity contribution is 5.83. The second-order valence-electron chi connectivity index (χ2n) is 6.72. The fourth-order valence-electron chi connectivity index (χ4n) is 2.29. The minimum Gasteiger partial charge on any atom is -0.480 e. The summed E-state index contributed by atoms with van der Waals surface area (Å²) in [6.45, 7) is 6.68. The summed E-state index contributed by atoms with van der Waals surface area (Å²) in [7, 11) is 0. The van der Waals surface area contributed by atoms with Crippen molar-refractivity contribution in [3.05, 3.63) is 0 Å². The number of amides is 3. The Morgan fingerprint density at radius 2 is 1.31 bits per heavy atom. The van der Waals surface area contributed by atoms with Crippen molar-refractivity contribution >= 4 is 23.7 Å². The van der Waals surface area contributed by atoms with E-state index >= 15 is 0 Å². The lowest BCUT2D eigenvalue weighted by atomic mass is 10.1. The first-order valence-electron chi connectivity index (χ1n) is 10.7. The van der Waals surface area contributed by atoms with Crippen LogP contribution in [0.5, 0.6) is 0 Å². The Hall–Kier alpha value is -2.28. The van der Waals surface area contributed by atoms with Gasteiger partial charge in [-0.1, -0.05) is 6.92 Å². The minimum absolute atomic E-state index is 0.00297. The standard InChI is InChI=1S/C20H37N3O9/c1-3-8-29-11-12-30-10-7-22-19(26)15-32-14-13-31-9-6-21-18(25)5-4-17(20(27)28)23-16(2)24/h17H,3-15H2,1-2H3,(H,21,25)(H,22,26)(H,23,24)(H,27,28). The van der Waals surface area contributed by atoms with E-state index in [0.717, 1.165) is 6.42 Å². The maximum absolute atomic E-state index is 11.7. The smallest absolute Gasteiger partial charge is 0.326 e. The first-order valence-corrected chi connectivity index (χ1v) is 10.7. The normalized spacial score (nSPS) is 11.6. The van der Waals surface area contributed by atoms with Gasteiger partial charge in [0.1, 0.15) is 12.6 Å². The average molecular weight is 464 g/mol. The summed E-state index contributed by atoms with van der Waals surface area (Å²) in [5.41, 5.74) is 0. The zero-order valence-electron chi connectivity index (χ0n) is 19.0. The zero-order chi connectivity index (χ0) is 24.0. The highest BCUT2D eigenvalue weighted by Crippen LogP contribution is 1.98. The Morgan fingerprint density at radius 3 is 1.84 bits per heavy atom. The average Bonchev–Trinajstić information content (AvgIpc) is 2.74. The molecule has 0 aliphatic rings. The molecule has 12 nitrogen and oxygen atoms in total. The monoisotopic (exact) mass is 463 g/mol. The van der Waals surface area contributed by atoms with Gasteiger partial charge < -0.3 is 40.0 Å². The summed E-state index contributed by atoms with van der Waals surface area (Å²) in [6.07, 6.45) is 0.931. The molecular weight excluding hydrogens is 426 g/mol. The van der Waals surface area contributed by atoms with Crippen LogP contribution in [-0.2, 0) is 38.1 Å². The Morgan fingerprint density at radius 1 is 0.781 bits per heavy atom. The summed E-state index contributed by atoms with van der Waals surface area (Å²) in [6, 6.07) is -1.10. The third kappa shape index (κ3) is 19.7. The number of nitrogens with one attached hydrogen (secondary N) is 3. The van der Waals surface area contributed by atoms with E-state index in [1.54, 1.807) is 0 Å². The zero-order valence-corrected chi connectivity index (χ0v) is 19.0. The molecule has 0 aromatic rings. The van der Waals surface area contributed by atoms with Crippen LogP contribution in [0, 0.1) is 0 Å². The molecular formula is C20H37N3O9. The van der Waals surface area contributed by atoms with Crippen molar-refractivity contribution in [1.82, 2.24) is 16.0 Å². The highest BCUT2D eigenvalue weighted by atomic mass is 16.5. The van der Waals surface area contributed by atoms with Gasteiger partial charge in [-0.15, -0.1) is 0 Å². The lowest BCUT2D eigenvalue weighted by Crippen LogP contribution is -2.40. The molecule has 0 saturated heterocycles. The Labute approximate surface area is 188 Å². The number of hydrogen-bond acceptors (Lipinski definition) is 8. The van der Waals surface area contributed by atoms with Gasteiger partial charge in [0.25, 0.3) is 0 Å². The second kappa shape index (κ2) is 20.6. The number of carboxylic acids is 1. The second-order valence-corrected chi connectivity index (χ2v) is 6.72. The predicted octanol–water partition coefficient (Wildman–Crippen LogP) is -0.935. The molecule has 4 N–H and O–H groups in total. The van der Waals surface area contributed by atoms with E-state index in [-0.39, 0.29) is 57.6 Å². The number of aliphatic carboxylic acids is 1. The van der Waals surface area contributed by atoms with Crippen molar-refractivity contribution in [2.24, 2.45) is 0 Å². The van der Waals surface area contributed by atoms with Gasteiger partial charge in [-0.2, -0.15) is 0 Å².